The smallest absolute Gasteiger partial charge is 0.0580 e. The number of nitrogens with one attached hydrogen (secondary N) is 1. The van der Waals surface area contributed by atoms with Gasteiger partial charge < -0.3 is 10.1 Å². The maximum absolute atomic E-state index is 5.60. The Morgan fingerprint density at radius 3 is 2.94 bits per heavy atom. The first-order valence-electron chi connectivity index (χ1n) is 6.52. The highest BCUT2D eigenvalue weighted by molar-refractivity contribution is 5.14. The number of ether oxygens (including phenoxy) is 1. The van der Waals surface area contributed by atoms with Crippen LogP contribution in [0.25, 0.3) is 0 Å². The minimum Gasteiger partial charge on any atom is -0.378 e. The molecule has 1 saturated carbocycles. The summed E-state index contributed by atoms with van der Waals surface area (Å²) in [6, 6.07) is 4.58. The van der Waals surface area contributed by atoms with E-state index in [1.54, 1.807) is 0 Å². The molecule has 2 rings (SSSR count). The highest BCUT2D eigenvalue weighted by Gasteiger charge is 2.31. The lowest BCUT2D eigenvalue weighted by molar-refractivity contribution is -0.0289. The Balaban J connectivity index is 1.82. The van der Waals surface area contributed by atoms with Crippen LogP contribution in [0.2, 0.25) is 0 Å². The molecule has 1 atom stereocenters. The Bertz CT molecular complexity index is 322. The van der Waals surface area contributed by atoms with E-state index in [1.165, 1.54) is 24.8 Å². The van der Waals surface area contributed by atoms with Crippen LogP contribution in [0.3, 0.4) is 0 Å². The van der Waals surface area contributed by atoms with Crippen LogP contribution >= 0.6 is 0 Å². The summed E-state index contributed by atoms with van der Waals surface area (Å²) in [6.45, 7) is 2.91. The molecule has 1 heterocycles. The van der Waals surface area contributed by atoms with E-state index in [9.17, 15) is 0 Å². The number of hydrogen-bond acceptors (Lipinski definition) is 3. The van der Waals surface area contributed by atoms with Gasteiger partial charge in [-0.25, -0.2) is 0 Å². The van der Waals surface area contributed by atoms with Crippen molar-refractivity contribution in [2.75, 3.05) is 13.7 Å². The number of aromatic nitrogens is 1. The standard InChI is InChI=1S/C14H22N2O/c1-3-17-13-7-11(8-13)9-14(15-2)12-5-4-6-16-10-12/h4-6,10-11,13-15H,3,7-9H2,1-2H3. The van der Waals surface area contributed by atoms with Crippen molar-refractivity contribution < 1.29 is 4.74 Å². The Hall–Kier alpha value is -0.930. The van der Waals surface area contributed by atoms with Gasteiger partial charge in [0.1, 0.15) is 0 Å². The molecule has 1 aromatic heterocycles. The van der Waals surface area contributed by atoms with Crippen LogP contribution in [0.4, 0.5) is 0 Å². The third-order valence-corrected chi connectivity index (χ3v) is 3.60. The molecule has 0 aliphatic heterocycles. The summed E-state index contributed by atoms with van der Waals surface area (Å²) < 4.78 is 5.60. The molecule has 1 unspecified atom stereocenters. The van der Waals surface area contributed by atoms with Crippen LogP contribution in [0.15, 0.2) is 24.5 Å². The molecule has 0 aromatic carbocycles. The minimum absolute atomic E-state index is 0.427. The Morgan fingerprint density at radius 1 is 1.53 bits per heavy atom. The van der Waals surface area contributed by atoms with Gasteiger partial charge in [-0.3, -0.25) is 4.98 Å². The van der Waals surface area contributed by atoms with Crippen molar-refractivity contribution in [2.24, 2.45) is 5.92 Å². The Labute approximate surface area is 104 Å². The van der Waals surface area contributed by atoms with Gasteiger partial charge in [-0.1, -0.05) is 6.07 Å². The molecule has 0 radical (unpaired) electrons. The van der Waals surface area contributed by atoms with E-state index in [0.717, 1.165) is 12.5 Å². The highest BCUT2D eigenvalue weighted by Crippen LogP contribution is 2.36. The largest absolute Gasteiger partial charge is 0.378 e. The van der Waals surface area contributed by atoms with Gasteiger partial charge in [-0.2, -0.15) is 0 Å². The van der Waals surface area contributed by atoms with E-state index in [-0.39, 0.29) is 0 Å². The second-order valence-corrected chi connectivity index (χ2v) is 4.78. The average Bonchev–Trinajstić information content (AvgIpc) is 2.33. The molecular weight excluding hydrogens is 212 g/mol. The lowest BCUT2D eigenvalue weighted by Gasteiger charge is -2.37. The summed E-state index contributed by atoms with van der Waals surface area (Å²) in [5.74, 6) is 0.796. The zero-order chi connectivity index (χ0) is 12.1. The zero-order valence-corrected chi connectivity index (χ0v) is 10.7. The first kappa shape index (κ1) is 12.5. The molecule has 1 aliphatic rings. The molecule has 1 fully saturated rings. The van der Waals surface area contributed by atoms with Crippen LogP contribution in [-0.2, 0) is 4.74 Å². The maximum Gasteiger partial charge on any atom is 0.0580 e. The van der Waals surface area contributed by atoms with E-state index in [4.69, 9.17) is 4.74 Å². The van der Waals surface area contributed by atoms with E-state index in [2.05, 4.69) is 23.3 Å². The number of nitrogens with zero attached hydrogens (tertiary/aromatic N) is 1. The first-order valence-corrected chi connectivity index (χ1v) is 6.52. The van der Waals surface area contributed by atoms with Crippen molar-refractivity contribution in [1.29, 1.82) is 0 Å². The summed E-state index contributed by atoms with van der Waals surface area (Å²) in [5.41, 5.74) is 1.29. The molecule has 3 nitrogen and oxygen atoms in total. The molecule has 94 valence electrons. The van der Waals surface area contributed by atoms with Crippen molar-refractivity contribution in [3.63, 3.8) is 0 Å². The Kier molecular flexibility index (Phi) is 4.51. The van der Waals surface area contributed by atoms with E-state index in [1.807, 2.05) is 25.5 Å². The summed E-state index contributed by atoms with van der Waals surface area (Å²) >= 11 is 0. The highest BCUT2D eigenvalue weighted by atomic mass is 16.5. The molecule has 1 aliphatic carbocycles. The third kappa shape index (κ3) is 3.27. The molecule has 0 saturated heterocycles. The van der Waals surface area contributed by atoms with E-state index >= 15 is 0 Å². The molecule has 1 aromatic rings. The van der Waals surface area contributed by atoms with Gasteiger partial charge in [0.05, 0.1) is 6.10 Å². The molecule has 1 N–H and O–H groups in total. The SMILES string of the molecule is CCOC1CC(CC(NC)c2cccnc2)C1. The summed E-state index contributed by atoms with van der Waals surface area (Å²) in [6.07, 6.45) is 7.91. The molecule has 0 spiro atoms. The Morgan fingerprint density at radius 2 is 2.35 bits per heavy atom. The summed E-state index contributed by atoms with van der Waals surface area (Å²) in [5, 5.41) is 3.38. The fourth-order valence-corrected chi connectivity index (χ4v) is 2.57. The van der Waals surface area contributed by atoms with Crippen LogP contribution in [0, 0.1) is 5.92 Å². The molecule has 0 amide bonds. The average molecular weight is 234 g/mol. The van der Waals surface area contributed by atoms with Gasteiger partial charge in [0.15, 0.2) is 0 Å². The van der Waals surface area contributed by atoms with Gasteiger partial charge in [0, 0.05) is 25.0 Å². The van der Waals surface area contributed by atoms with Crippen LogP contribution < -0.4 is 5.32 Å². The third-order valence-electron chi connectivity index (χ3n) is 3.60. The molecular formula is C14H22N2O. The van der Waals surface area contributed by atoms with Gasteiger partial charge in [-0.05, 0) is 50.8 Å². The fourth-order valence-electron chi connectivity index (χ4n) is 2.57. The van der Waals surface area contributed by atoms with Crippen LogP contribution in [-0.4, -0.2) is 24.7 Å². The second-order valence-electron chi connectivity index (χ2n) is 4.78. The number of pyridine rings is 1. The number of hydrogen-bond donors (Lipinski definition) is 1. The van der Waals surface area contributed by atoms with Crippen LogP contribution in [0.5, 0.6) is 0 Å². The second kappa shape index (κ2) is 6.12. The fraction of sp³-hybridized carbons (Fsp3) is 0.643. The normalized spacial score (nSPS) is 25.3. The lowest BCUT2D eigenvalue weighted by atomic mass is 9.77. The summed E-state index contributed by atoms with van der Waals surface area (Å²) in [7, 11) is 2.02. The van der Waals surface area contributed by atoms with Gasteiger partial charge >= 0.3 is 0 Å². The van der Waals surface area contributed by atoms with Crippen molar-refractivity contribution >= 4 is 0 Å². The predicted octanol–water partition coefficient (Wildman–Crippen LogP) is 2.55. The van der Waals surface area contributed by atoms with E-state index in [0.29, 0.717) is 12.1 Å². The molecule has 17 heavy (non-hydrogen) atoms. The molecule has 3 heteroatoms. The van der Waals surface area contributed by atoms with Crippen molar-refractivity contribution in [3.05, 3.63) is 30.1 Å². The lowest BCUT2D eigenvalue weighted by Crippen LogP contribution is -2.34. The number of rotatable bonds is 6. The van der Waals surface area contributed by atoms with Crippen molar-refractivity contribution in [2.45, 2.75) is 38.3 Å². The van der Waals surface area contributed by atoms with Crippen LogP contribution in [0.1, 0.15) is 37.8 Å². The monoisotopic (exact) mass is 234 g/mol. The van der Waals surface area contributed by atoms with Crippen molar-refractivity contribution in [3.8, 4) is 0 Å². The zero-order valence-electron chi connectivity index (χ0n) is 10.7. The van der Waals surface area contributed by atoms with Gasteiger partial charge in [0.2, 0.25) is 0 Å². The minimum atomic E-state index is 0.427. The quantitative estimate of drug-likeness (QED) is 0.821. The first-order chi connectivity index (χ1) is 8.33. The topological polar surface area (TPSA) is 34.1 Å². The van der Waals surface area contributed by atoms with E-state index < -0.39 is 0 Å². The van der Waals surface area contributed by atoms with Crippen molar-refractivity contribution in [1.82, 2.24) is 10.3 Å². The summed E-state index contributed by atoms with van der Waals surface area (Å²) in [4.78, 5) is 4.18. The van der Waals surface area contributed by atoms with Gasteiger partial charge in [-0.15, -0.1) is 0 Å². The van der Waals surface area contributed by atoms with Gasteiger partial charge in [0.25, 0.3) is 0 Å². The predicted molar refractivity (Wildman–Crippen MR) is 68.8 cm³/mol. The molecule has 0 bridgehead atoms. The maximum atomic E-state index is 5.60.